The number of nitrogens with two attached hydrogens (primary N) is 1. The first kappa shape index (κ1) is 25.3. The van der Waals surface area contributed by atoms with Gasteiger partial charge in [-0.25, -0.2) is 9.97 Å². The SMILES string of the molecule is Cn1cc(-c2cn([C@@H]3C[C@H](CNCCCNCCc4ccccc4)[C@@H](O)[C@H]3O)c3ncnc(N)c23)cn1. The quantitative estimate of drug-likeness (QED) is 0.194. The molecule has 5 rings (SSSR count). The number of hydrogen-bond acceptors (Lipinski definition) is 8. The maximum Gasteiger partial charge on any atom is 0.146 e. The fourth-order valence-electron chi connectivity index (χ4n) is 5.35. The molecular formula is C27H36N8O2. The highest BCUT2D eigenvalue weighted by Gasteiger charge is 2.42. The van der Waals surface area contributed by atoms with Crippen molar-refractivity contribution in [3.8, 4) is 11.1 Å². The second-order valence-electron chi connectivity index (χ2n) is 9.90. The molecule has 0 saturated heterocycles. The monoisotopic (exact) mass is 504 g/mol. The molecule has 1 aliphatic carbocycles. The van der Waals surface area contributed by atoms with Crippen LogP contribution in [0.15, 0.2) is 55.2 Å². The number of hydrogen-bond donors (Lipinski definition) is 5. The summed E-state index contributed by atoms with van der Waals surface area (Å²) in [5, 5.41) is 33.8. The molecule has 1 saturated carbocycles. The number of aryl methyl sites for hydroxylation is 1. The lowest BCUT2D eigenvalue weighted by Gasteiger charge is -2.19. The third-order valence-electron chi connectivity index (χ3n) is 7.33. The number of nitrogen functional groups attached to an aromatic ring is 1. The molecule has 1 aromatic carbocycles. The van der Waals surface area contributed by atoms with Crippen LogP contribution < -0.4 is 16.4 Å². The van der Waals surface area contributed by atoms with E-state index in [0.717, 1.165) is 49.0 Å². The summed E-state index contributed by atoms with van der Waals surface area (Å²) < 4.78 is 3.67. The summed E-state index contributed by atoms with van der Waals surface area (Å²) in [4.78, 5) is 8.66. The first-order valence-corrected chi connectivity index (χ1v) is 12.9. The van der Waals surface area contributed by atoms with Crippen molar-refractivity contribution in [2.75, 3.05) is 31.9 Å². The van der Waals surface area contributed by atoms with Gasteiger partial charge in [0.05, 0.1) is 23.7 Å². The minimum atomic E-state index is -0.903. The van der Waals surface area contributed by atoms with Crippen LogP contribution in [-0.4, -0.2) is 72.9 Å². The second-order valence-corrected chi connectivity index (χ2v) is 9.90. The van der Waals surface area contributed by atoms with Crippen molar-refractivity contribution in [1.29, 1.82) is 0 Å². The number of aliphatic hydroxyl groups excluding tert-OH is 2. The van der Waals surface area contributed by atoms with Gasteiger partial charge in [-0.2, -0.15) is 5.10 Å². The Morgan fingerprint density at radius 3 is 2.62 bits per heavy atom. The molecule has 0 spiro atoms. The topological polar surface area (TPSA) is 139 Å². The van der Waals surface area contributed by atoms with E-state index in [9.17, 15) is 10.2 Å². The zero-order chi connectivity index (χ0) is 25.8. The smallest absolute Gasteiger partial charge is 0.146 e. The van der Waals surface area contributed by atoms with E-state index < -0.39 is 12.2 Å². The predicted octanol–water partition coefficient (Wildman–Crippen LogP) is 1.51. The highest BCUT2D eigenvalue weighted by molar-refractivity contribution is 6.00. The molecule has 1 aliphatic rings. The second kappa shape index (κ2) is 11.4. The summed E-state index contributed by atoms with van der Waals surface area (Å²) >= 11 is 0. The molecule has 10 heteroatoms. The molecule has 4 aromatic rings. The Hall–Kier alpha value is -3.31. The molecule has 0 aliphatic heterocycles. The Morgan fingerprint density at radius 2 is 1.84 bits per heavy atom. The highest BCUT2D eigenvalue weighted by Crippen LogP contribution is 2.40. The lowest BCUT2D eigenvalue weighted by Crippen LogP contribution is -2.34. The number of aliphatic hydroxyl groups is 2. The highest BCUT2D eigenvalue weighted by atomic mass is 16.3. The number of aromatic nitrogens is 5. The van der Waals surface area contributed by atoms with Crippen molar-refractivity contribution in [2.45, 2.75) is 37.5 Å². The van der Waals surface area contributed by atoms with Crippen molar-refractivity contribution < 1.29 is 10.2 Å². The molecule has 0 bridgehead atoms. The first-order valence-electron chi connectivity index (χ1n) is 12.9. The van der Waals surface area contributed by atoms with Crippen LogP contribution in [0.2, 0.25) is 0 Å². The van der Waals surface area contributed by atoms with E-state index in [2.05, 4.69) is 50.0 Å². The van der Waals surface area contributed by atoms with Gasteiger partial charge in [-0.3, -0.25) is 4.68 Å². The lowest BCUT2D eigenvalue weighted by atomic mass is 10.1. The largest absolute Gasteiger partial charge is 0.390 e. The van der Waals surface area contributed by atoms with Gasteiger partial charge in [0.1, 0.15) is 23.9 Å². The van der Waals surface area contributed by atoms with Crippen LogP contribution in [0.4, 0.5) is 5.82 Å². The average molecular weight is 505 g/mol. The van der Waals surface area contributed by atoms with Gasteiger partial charge < -0.3 is 31.1 Å². The van der Waals surface area contributed by atoms with Crippen molar-refractivity contribution in [2.24, 2.45) is 13.0 Å². The van der Waals surface area contributed by atoms with Gasteiger partial charge in [-0.15, -0.1) is 0 Å². The van der Waals surface area contributed by atoms with Crippen LogP contribution in [0.3, 0.4) is 0 Å². The van der Waals surface area contributed by atoms with Gasteiger partial charge in [0.2, 0.25) is 0 Å². The minimum Gasteiger partial charge on any atom is -0.390 e. The Morgan fingerprint density at radius 1 is 1.03 bits per heavy atom. The summed E-state index contributed by atoms with van der Waals surface area (Å²) in [7, 11) is 1.86. The van der Waals surface area contributed by atoms with Gasteiger partial charge in [0.15, 0.2) is 0 Å². The number of nitrogens with one attached hydrogen (secondary N) is 2. The normalized spacial score (nSPS) is 21.7. The molecule has 1 fully saturated rings. The molecule has 6 N–H and O–H groups in total. The molecule has 4 atom stereocenters. The van der Waals surface area contributed by atoms with Crippen molar-refractivity contribution in [1.82, 2.24) is 34.9 Å². The van der Waals surface area contributed by atoms with Crippen LogP contribution in [0, 0.1) is 5.92 Å². The molecule has 0 amide bonds. The number of nitrogens with zero attached hydrogens (tertiary/aromatic N) is 5. The summed E-state index contributed by atoms with van der Waals surface area (Å²) in [5.41, 5.74) is 9.99. The van der Waals surface area contributed by atoms with E-state index in [-0.39, 0.29) is 12.0 Å². The molecule has 0 radical (unpaired) electrons. The lowest BCUT2D eigenvalue weighted by molar-refractivity contribution is 0.00695. The van der Waals surface area contributed by atoms with Crippen LogP contribution >= 0.6 is 0 Å². The summed E-state index contributed by atoms with van der Waals surface area (Å²) in [6.45, 7) is 3.39. The van der Waals surface area contributed by atoms with Gasteiger partial charge in [0.25, 0.3) is 0 Å². The maximum absolute atomic E-state index is 11.0. The maximum atomic E-state index is 11.0. The average Bonchev–Trinajstić information content (AvgIpc) is 3.58. The number of rotatable bonds is 11. The number of benzene rings is 1. The molecule has 3 heterocycles. The minimum absolute atomic E-state index is 0.0653. The van der Waals surface area contributed by atoms with E-state index in [0.29, 0.717) is 24.4 Å². The number of fused-ring (bicyclic) bond motifs is 1. The zero-order valence-electron chi connectivity index (χ0n) is 21.2. The van der Waals surface area contributed by atoms with Crippen LogP contribution in [0.25, 0.3) is 22.2 Å². The van der Waals surface area contributed by atoms with Crippen LogP contribution in [-0.2, 0) is 13.5 Å². The van der Waals surface area contributed by atoms with E-state index in [1.165, 1.54) is 11.9 Å². The van der Waals surface area contributed by atoms with E-state index in [1.807, 2.05) is 30.1 Å². The summed E-state index contributed by atoms with van der Waals surface area (Å²) in [6.07, 6.45) is 8.00. The van der Waals surface area contributed by atoms with Crippen molar-refractivity contribution in [3.05, 3.63) is 60.8 Å². The zero-order valence-corrected chi connectivity index (χ0v) is 21.2. The van der Waals surface area contributed by atoms with E-state index in [4.69, 9.17) is 5.73 Å². The first-order chi connectivity index (χ1) is 18.0. The molecule has 196 valence electrons. The molecule has 3 aromatic heterocycles. The predicted molar refractivity (Wildman–Crippen MR) is 144 cm³/mol. The standard InChI is InChI=1S/C27H36N8O2/c1-34-15-20(14-33-34)21-16-35(27-23(21)26(28)31-17-32-27)22-12-19(24(36)25(22)37)13-30-10-5-9-29-11-8-18-6-3-2-4-7-18/h2-4,6-7,14-17,19,22,24-25,29-30,36-37H,5,8-13H2,1H3,(H2,28,31,32)/t19-,22-,24-,25+/m1/s1. The van der Waals surface area contributed by atoms with Crippen molar-refractivity contribution >= 4 is 16.9 Å². The molecule has 10 nitrogen and oxygen atoms in total. The summed E-state index contributed by atoms with van der Waals surface area (Å²) in [5.74, 6) is 0.316. The molecule has 0 unspecified atom stereocenters. The Kier molecular flexibility index (Phi) is 7.80. The third kappa shape index (κ3) is 5.52. The third-order valence-corrected chi connectivity index (χ3v) is 7.33. The van der Waals surface area contributed by atoms with E-state index >= 15 is 0 Å². The van der Waals surface area contributed by atoms with Crippen molar-refractivity contribution in [3.63, 3.8) is 0 Å². The van der Waals surface area contributed by atoms with Gasteiger partial charge in [-0.1, -0.05) is 30.3 Å². The Balaban J connectivity index is 1.17. The Labute approximate surface area is 216 Å². The van der Waals surface area contributed by atoms with Crippen LogP contribution in [0.1, 0.15) is 24.4 Å². The fourth-order valence-corrected chi connectivity index (χ4v) is 5.35. The number of anilines is 1. The Bertz CT molecular complexity index is 1300. The van der Waals surface area contributed by atoms with Gasteiger partial charge in [-0.05, 0) is 44.5 Å². The molecule has 37 heavy (non-hydrogen) atoms. The fraction of sp³-hybridized carbons (Fsp3) is 0.444. The molecular weight excluding hydrogens is 468 g/mol. The van der Waals surface area contributed by atoms with E-state index in [1.54, 1.807) is 10.9 Å². The van der Waals surface area contributed by atoms with Crippen LogP contribution in [0.5, 0.6) is 0 Å². The summed E-state index contributed by atoms with van der Waals surface area (Å²) in [6, 6.07) is 10.2. The van der Waals surface area contributed by atoms with Gasteiger partial charge >= 0.3 is 0 Å². The van der Waals surface area contributed by atoms with Gasteiger partial charge in [0, 0.05) is 43.0 Å².